The Kier molecular flexibility index (Phi) is 6.81. The number of rotatable bonds is 7. The number of amides is 2. The second-order valence-corrected chi connectivity index (χ2v) is 8.35. The van der Waals surface area contributed by atoms with Crippen LogP contribution in [0.3, 0.4) is 0 Å². The lowest BCUT2D eigenvalue weighted by atomic mass is 9.89. The van der Waals surface area contributed by atoms with Crippen molar-refractivity contribution in [2.45, 2.75) is 63.8 Å². The Hall–Kier alpha value is -3.56. The Balaban J connectivity index is 1.37. The Morgan fingerprint density at radius 3 is 2.67 bits per heavy atom. The molecule has 33 heavy (non-hydrogen) atoms. The summed E-state index contributed by atoms with van der Waals surface area (Å²) in [6.07, 6.45) is 9.21. The summed E-state index contributed by atoms with van der Waals surface area (Å²) in [5.74, 6) is -0.134. The van der Waals surface area contributed by atoms with Crippen molar-refractivity contribution in [1.29, 1.82) is 0 Å². The summed E-state index contributed by atoms with van der Waals surface area (Å²) < 4.78 is 21.2. The summed E-state index contributed by atoms with van der Waals surface area (Å²) in [6.45, 7) is 1.49. The SMILES string of the molecule is CC(=O)NC1(c2noc(CCC(=O)Nc3ccc(-n4cccn4)c(F)c3)n2)CCCCCC1. The first-order valence-electron chi connectivity index (χ1n) is 11.2. The van der Waals surface area contributed by atoms with Gasteiger partial charge < -0.3 is 15.2 Å². The number of hydrogen-bond acceptors (Lipinski definition) is 6. The molecule has 3 aromatic rings. The van der Waals surface area contributed by atoms with Gasteiger partial charge in [0.15, 0.2) is 11.6 Å². The minimum Gasteiger partial charge on any atom is -0.343 e. The Bertz CT molecular complexity index is 1100. The molecule has 0 radical (unpaired) electrons. The number of halogens is 1. The van der Waals surface area contributed by atoms with Crippen LogP contribution in [-0.2, 0) is 21.5 Å². The van der Waals surface area contributed by atoms with Crippen LogP contribution >= 0.6 is 0 Å². The number of nitrogens with one attached hydrogen (secondary N) is 2. The van der Waals surface area contributed by atoms with Gasteiger partial charge in [0.25, 0.3) is 0 Å². The molecule has 4 rings (SSSR count). The molecule has 2 amide bonds. The summed E-state index contributed by atoms with van der Waals surface area (Å²) in [7, 11) is 0. The van der Waals surface area contributed by atoms with E-state index >= 15 is 0 Å². The second-order valence-electron chi connectivity index (χ2n) is 8.35. The summed E-state index contributed by atoms with van der Waals surface area (Å²) in [5, 5.41) is 13.8. The maximum atomic E-state index is 14.4. The number of carbonyl (C=O) groups excluding carboxylic acids is 2. The van der Waals surface area contributed by atoms with E-state index in [4.69, 9.17) is 4.52 Å². The molecule has 2 N–H and O–H groups in total. The summed E-state index contributed by atoms with van der Waals surface area (Å²) in [5.41, 5.74) is 0.0193. The van der Waals surface area contributed by atoms with Gasteiger partial charge in [0.2, 0.25) is 17.7 Å². The lowest BCUT2D eigenvalue weighted by Crippen LogP contribution is -2.45. The summed E-state index contributed by atoms with van der Waals surface area (Å²) in [6, 6.07) is 6.12. The van der Waals surface area contributed by atoms with Gasteiger partial charge in [-0.15, -0.1) is 0 Å². The molecule has 1 fully saturated rings. The number of benzene rings is 1. The molecule has 174 valence electrons. The van der Waals surface area contributed by atoms with Crippen molar-refractivity contribution in [2.75, 3.05) is 5.32 Å². The molecule has 1 aliphatic rings. The van der Waals surface area contributed by atoms with Gasteiger partial charge in [0.1, 0.15) is 11.2 Å². The second kappa shape index (κ2) is 9.93. The van der Waals surface area contributed by atoms with E-state index in [2.05, 4.69) is 25.9 Å². The predicted octanol–water partition coefficient (Wildman–Crippen LogP) is 3.65. The first-order valence-corrected chi connectivity index (χ1v) is 11.2. The van der Waals surface area contributed by atoms with E-state index in [1.807, 2.05) is 0 Å². The largest absolute Gasteiger partial charge is 0.343 e. The molecule has 2 aromatic heterocycles. The molecule has 2 heterocycles. The zero-order valence-corrected chi connectivity index (χ0v) is 18.5. The van der Waals surface area contributed by atoms with Crippen LogP contribution in [0, 0.1) is 5.82 Å². The van der Waals surface area contributed by atoms with Gasteiger partial charge in [0.05, 0.1) is 0 Å². The Morgan fingerprint density at radius 2 is 2.00 bits per heavy atom. The van der Waals surface area contributed by atoms with Crippen LogP contribution in [0.15, 0.2) is 41.2 Å². The number of aryl methyl sites for hydroxylation is 1. The fourth-order valence-electron chi connectivity index (χ4n) is 4.25. The summed E-state index contributed by atoms with van der Waals surface area (Å²) >= 11 is 0. The van der Waals surface area contributed by atoms with E-state index in [1.165, 1.54) is 17.7 Å². The minimum atomic E-state index is -0.625. The molecule has 1 aromatic carbocycles. The lowest BCUT2D eigenvalue weighted by Gasteiger charge is -2.30. The highest BCUT2D eigenvalue weighted by molar-refractivity contribution is 5.90. The van der Waals surface area contributed by atoms with Crippen LogP contribution in [0.4, 0.5) is 10.1 Å². The van der Waals surface area contributed by atoms with Crippen molar-refractivity contribution < 1.29 is 18.5 Å². The zero-order chi connectivity index (χ0) is 23.3. The van der Waals surface area contributed by atoms with Crippen LogP contribution < -0.4 is 10.6 Å². The predicted molar refractivity (Wildman–Crippen MR) is 118 cm³/mol. The van der Waals surface area contributed by atoms with Crippen LogP contribution in [0.5, 0.6) is 0 Å². The standard InChI is InChI=1S/C23H27FN6O3/c1-16(31)28-23(11-4-2-3-5-12-23)22-27-21(33-29-22)10-9-20(32)26-17-7-8-19(18(24)15-17)30-14-6-13-25-30/h6-8,13-15H,2-5,9-12H2,1H3,(H,26,32)(H,28,31). The molecule has 0 atom stereocenters. The molecule has 1 saturated carbocycles. The van der Waals surface area contributed by atoms with E-state index in [0.29, 0.717) is 23.1 Å². The highest BCUT2D eigenvalue weighted by Crippen LogP contribution is 2.34. The molecule has 1 aliphatic carbocycles. The molecule has 0 aliphatic heterocycles. The number of carbonyl (C=O) groups is 2. The van der Waals surface area contributed by atoms with E-state index < -0.39 is 11.4 Å². The molecule has 0 bridgehead atoms. The van der Waals surface area contributed by atoms with Crippen molar-refractivity contribution in [3.63, 3.8) is 0 Å². The van der Waals surface area contributed by atoms with E-state index in [9.17, 15) is 14.0 Å². The molecule has 0 spiro atoms. The maximum absolute atomic E-state index is 14.4. The van der Waals surface area contributed by atoms with Gasteiger partial charge in [-0.2, -0.15) is 10.1 Å². The number of hydrogen-bond donors (Lipinski definition) is 2. The average Bonchev–Trinajstić information content (AvgIpc) is 3.42. The fourth-order valence-corrected chi connectivity index (χ4v) is 4.25. The van der Waals surface area contributed by atoms with Crippen LogP contribution in [0.1, 0.15) is 63.6 Å². The number of anilines is 1. The minimum absolute atomic E-state index is 0.0945. The highest BCUT2D eigenvalue weighted by atomic mass is 19.1. The maximum Gasteiger partial charge on any atom is 0.227 e. The van der Waals surface area contributed by atoms with Gasteiger partial charge in [-0.25, -0.2) is 9.07 Å². The first kappa shape index (κ1) is 22.6. The molecular weight excluding hydrogens is 427 g/mol. The molecule has 0 saturated heterocycles. The van der Waals surface area contributed by atoms with Gasteiger partial charge in [-0.1, -0.05) is 30.8 Å². The fraction of sp³-hybridized carbons (Fsp3) is 0.435. The van der Waals surface area contributed by atoms with E-state index in [1.54, 1.807) is 30.6 Å². The van der Waals surface area contributed by atoms with Gasteiger partial charge >= 0.3 is 0 Å². The van der Waals surface area contributed by atoms with Crippen LogP contribution in [0.2, 0.25) is 0 Å². The van der Waals surface area contributed by atoms with Gasteiger partial charge in [0, 0.05) is 37.8 Å². The number of nitrogens with zero attached hydrogens (tertiary/aromatic N) is 4. The molecule has 0 unspecified atom stereocenters. The van der Waals surface area contributed by atoms with Crippen molar-refractivity contribution in [3.8, 4) is 5.69 Å². The third-order valence-corrected chi connectivity index (χ3v) is 5.82. The third-order valence-electron chi connectivity index (χ3n) is 5.82. The lowest BCUT2D eigenvalue weighted by molar-refractivity contribution is -0.121. The van der Waals surface area contributed by atoms with Gasteiger partial charge in [-0.3, -0.25) is 9.59 Å². The quantitative estimate of drug-likeness (QED) is 0.527. The molecule has 10 heteroatoms. The zero-order valence-electron chi connectivity index (χ0n) is 18.5. The Morgan fingerprint density at radius 1 is 1.21 bits per heavy atom. The van der Waals surface area contributed by atoms with Crippen molar-refractivity contribution >= 4 is 17.5 Å². The highest BCUT2D eigenvalue weighted by Gasteiger charge is 2.38. The van der Waals surface area contributed by atoms with Crippen molar-refractivity contribution in [1.82, 2.24) is 25.2 Å². The van der Waals surface area contributed by atoms with E-state index in [0.717, 1.165) is 38.5 Å². The van der Waals surface area contributed by atoms with Crippen molar-refractivity contribution in [2.24, 2.45) is 0 Å². The summed E-state index contributed by atoms with van der Waals surface area (Å²) in [4.78, 5) is 28.7. The normalized spacial score (nSPS) is 15.6. The molecule has 9 nitrogen and oxygen atoms in total. The monoisotopic (exact) mass is 454 g/mol. The smallest absolute Gasteiger partial charge is 0.227 e. The van der Waals surface area contributed by atoms with E-state index in [-0.39, 0.29) is 24.7 Å². The number of aromatic nitrogens is 4. The van der Waals surface area contributed by atoms with Crippen molar-refractivity contribution in [3.05, 3.63) is 54.2 Å². The van der Waals surface area contributed by atoms with Crippen LogP contribution in [-0.4, -0.2) is 31.7 Å². The van der Waals surface area contributed by atoms with Gasteiger partial charge in [-0.05, 0) is 37.1 Å². The topological polar surface area (TPSA) is 115 Å². The first-order chi connectivity index (χ1) is 15.9. The Labute approximate surface area is 190 Å². The molecular formula is C23H27FN6O3. The third kappa shape index (κ3) is 5.44. The average molecular weight is 455 g/mol. The van der Waals surface area contributed by atoms with Crippen LogP contribution in [0.25, 0.3) is 5.69 Å².